The minimum absolute atomic E-state index is 0.0537. The van der Waals surface area contributed by atoms with Crippen LogP contribution in [-0.2, 0) is 10.2 Å². The van der Waals surface area contributed by atoms with Crippen LogP contribution in [0.25, 0.3) is 0 Å². The fraction of sp³-hybridized carbons (Fsp3) is 1.00. The Hall–Kier alpha value is -0.170. The van der Waals surface area contributed by atoms with Gasteiger partial charge in [0.25, 0.3) is 10.2 Å². The van der Waals surface area contributed by atoms with Gasteiger partial charge >= 0.3 is 0 Å². The van der Waals surface area contributed by atoms with E-state index in [0.717, 1.165) is 12.8 Å². The van der Waals surface area contributed by atoms with E-state index in [1.54, 1.807) is 6.92 Å². The molecule has 0 saturated heterocycles. The fourth-order valence-corrected chi connectivity index (χ4v) is 2.26. The first-order valence-corrected chi connectivity index (χ1v) is 6.75. The Labute approximate surface area is 93.0 Å². The molecule has 0 aliphatic carbocycles. The van der Waals surface area contributed by atoms with Crippen molar-refractivity contribution in [2.24, 2.45) is 11.1 Å². The Morgan fingerprint density at radius 1 is 1.27 bits per heavy atom. The quantitative estimate of drug-likeness (QED) is 0.563. The molecule has 0 bridgehead atoms. The van der Waals surface area contributed by atoms with Gasteiger partial charge < -0.3 is 5.73 Å². The van der Waals surface area contributed by atoms with E-state index in [2.05, 4.69) is 9.44 Å². The topological polar surface area (TPSA) is 84.2 Å². The molecule has 0 aromatic rings. The molecule has 0 aliphatic rings. The summed E-state index contributed by atoms with van der Waals surface area (Å²) in [7, 11) is -3.32. The Morgan fingerprint density at radius 2 is 1.87 bits per heavy atom. The second kappa shape index (κ2) is 6.42. The molecular weight excluding hydrogens is 214 g/mol. The molecule has 0 saturated carbocycles. The molecule has 0 fully saturated rings. The first-order chi connectivity index (χ1) is 6.83. The lowest BCUT2D eigenvalue weighted by Crippen LogP contribution is -2.41. The number of hydrogen-bond donors (Lipinski definition) is 3. The van der Waals surface area contributed by atoms with Crippen molar-refractivity contribution in [1.82, 2.24) is 9.44 Å². The molecule has 0 rings (SSSR count). The van der Waals surface area contributed by atoms with Crippen molar-refractivity contribution in [2.75, 3.05) is 19.6 Å². The van der Waals surface area contributed by atoms with Crippen LogP contribution in [0.2, 0.25) is 0 Å². The van der Waals surface area contributed by atoms with Gasteiger partial charge in [0.15, 0.2) is 0 Å². The van der Waals surface area contributed by atoms with Crippen LogP contribution in [0.4, 0.5) is 0 Å². The summed E-state index contributed by atoms with van der Waals surface area (Å²) < 4.78 is 27.5. The van der Waals surface area contributed by atoms with Gasteiger partial charge in [0.1, 0.15) is 0 Å². The summed E-state index contributed by atoms with van der Waals surface area (Å²) in [5, 5.41) is 0. The van der Waals surface area contributed by atoms with Crippen molar-refractivity contribution in [3.05, 3.63) is 0 Å². The predicted molar refractivity (Wildman–Crippen MR) is 62.7 cm³/mol. The number of nitrogens with two attached hydrogens (primary N) is 1. The highest BCUT2D eigenvalue weighted by Gasteiger charge is 2.19. The molecule has 0 radical (unpaired) electrons. The average Bonchev–Trinajstić information content (AvgIpc) is 2.12. The number of rotatable bonds is 8. The summed E-state index contributed by atoms with van der Waals surface area (Å²) in [4.78, 5) is 0. The summed E-state index contributed by atoms with van der Waals surface area (Å²) >= 11 is 0. The largest absolute Gasteiger partial charge is 0.330 e. The maximum Gasteiger partial charge on any atom is 0.276 e. The molecular formula is C9H23N3O2S. The second-order valence-electron chi connectivity index (χ2n) is 4.38. The standard InChI is InChI=1S/C9H23N3O2S/c1-4-11-15(13,14)12-8-9(2,3)6-5-7-10/h11-12H,4-8,10H2,1-3H3. The van der Waals surface area contributed by atoms with E-state index in [1.807, 2.05) is 13.8 Å². The van der Waals surface area contributed by atoms with Crippen LogP contribution in [-0.4, -0.2) is 28.1 Å². The van der Waals surface area contributed by atoms with E-state index in [0.29, 0.717) is 19.6 Å². The average molecular weight is 237 g/mol. The van der Waals surface area contributed by atoms with Gasteiger partial charge in [0.05, 0.1) is 0 Å². The van der Waals surface area contributed by atoms with Crippen molar-refractivity contribution in [3.63, 3.8) is 0 Å². The van der Waals surface area contributed by atoms with Crippen LogP contribution < -0.4 is 15.2 Å². The molecule has 0 aromatic carbocycles. The smallest absolute Gasteiger partial charge is 0.276 e. The first-order valence-electron chi connectivity index (χ1n) is 5.27. The van der Waals surface area contributed by atoms with Gasteiger partial charge in [0.2, 0.25) is 0 Å². The molecule has 15 heavy (non-hydrogen) atoms. The SMILES string of the molecule is CCNS(=O)(=O)NCC(C)(C)CCCN. The van der Waals surface area contributed by atoms with Gasteiger partial charge in [-0.05, 0) is 24.8 Å². The highest BCUT2D eigenvalue weighted by Crippen LogP contribution is 2.20. The number of nitrogens with one attached hydrogen (secondary N) is 2. The molecule has 4 N–H and O–H groups in total. The van der Waals surface area contributed by atoms with Gasteiger partial charge in [-0.25, -0.2) is 9.44 Å². The Balaban J connectivity index is 4.02. The van der Waals surface area contributed by atoms with Gasteiger partial charge in [-0.1, -0.05) is 20.8 Å². The lowest BCUT2D eigenvalue weighted by Gasteiger charge is -2.24. The summed E-state index contributed by atoms with van der Waals surface area (Å²) in [5.41, 5.74) is 5.36. The molecule has 6 heteroatoms. The Morgan fingerprint density at radius 3 is 2.33 bits per heavy atom. The third-order valence-corrected chi connectivity index (χ3v) is 3.33. The fourth-order valence-electron chi connectivity index (χ4n) is 1.20. The zero-order valence-electron chi connectivity index (χ0n) is 9.84. The van der Waals surface area contributed by atoms with E-state index >= 15 is 0 Å². The zero-order valence-corrected chi connectivity index (χ0v) is 10.7. The molecule has 0 atom stereocenters. The van der Waals surface area contributed by atoms with Crippen LogP contribution in [0.5, 0.6) is 0 Å². The van der Waals surface area contributed by atoms with Crippen LogP contribution >= 0.6 is 0 Å². The van der Waals surface area contributed by atoms with E-state index in [4.69, 9.17) is 5.73 Å². The van der Waals surface area contributed by atoms with E-state index in [-0.39, 0.29) is 5.41 Å². The molecule has 0 unspecified atom stereocenters. The maximum absolute atomic E-state index is 11.3. The van der Waals surface area contributed by atoms with Gasteiger partial charge in [-0.15, -0.1) is 0 Å². The Bertz CT molecular complexity index is 263. The van der Waals surface area contributed by atoms with E-state index < -0.39 is 10.2 Å². The van der Waals surface area contributed by atoms with Crippen LogP contribution in [0.1, 0.15) is 33.6 Å². The van der Waals surface area contributed by atoms with Crippen molar-refractivity contribution >= 4 is 10.2 Å². The Kier molecular flexibility index (Phi) is 6.35. The first kappa shape index (κ1) is 14.8. The van der Waals surface area contributed by atoms with Crippen LogP contribution in [0.15, 0.2) is 0 Å². The molecule has 92 valence electrons. The molecule has 0 aliphatic heterocycles. The minimum atomic E-state index is -3.32. The van der Waals surface area contributed by atoms with Gasteiger partial charge in [0, 0.05) is 13.1 Å². The summed E-state index contributed by atoms with van der Waals surface area (Å²) in [6.45, 7) is 7.28. The van der Waals surface area contributed by atoms with Crippen LogP contribution in [0.3, 0.4) is 0 Å². The lowest BCUT2D eigenvalue weighted by atomic mass is 9.88. The highest BCUT2D eigenvalue weighted by molar-refractivity contribution is 7.87. The van der Waals surface area contributed by atoms with Crippen LogP contribution in [0, 0.1) is 5.41 Å². The molecule has 0 heterocycles. The van der Waals surface area contributed by atoms with Crippen molar-refractivity contribution in [1.29, 1.82) is 0 Å². The van der Waals surface area contributed by atoms with Crippen molar-refractivity contribution in [3.8, 4) is 0 Å². The molecule has 0 aromatic heterocycles. The lowest BCUT2D eigenvalue weighted by molar-refractivity contribution is 0.326. The molecule has 0 amide bonds. The molecule has 5 nitrogen and oxygen atoms in total. The molecule has 0 spiro atoms. The van der Waals surface area contributed by atoms with Crippen molar-refractivity contribution in [2.45, 2.75) is 33.6 Å². The van der Waals surface area contributed by atoms with E-state index in [9.17, 15) is 8.42 Å². The summed E-state index contributed by atoms with van der Waals surface area (Å²) in [5.74, 6) is 0. The normalized spacial score (nSPS) is 13.1. The third-order valence-electron chi connectivity index (χ3n) is 2.13. The van der Waals surface area contributed by atoms with Crippen molar-refractivity contribution < 1.29 is 8.42 Å². The highest BCUT2D eigenvalue weighted by atomic mass is 32.2. The predicted octanol–water partition coefficient (Wildman–Crippen LogP) is 0.195. The zero-order chi connectivity index (χ0) is 11.9. The second-order valence-corrected chi connectivity index (χ2v) is 5.96. The minimum Gasteiger partial charge on any atom is -0.330 e. The van der Waals surface area contributed by atoms with Gasteiger partial charge in [-0.3, -0.25) is 0 Å². The summed E-state index contributed by atoms with van der Waals surface area (Å²) in [6, 6.07) is 0. The third kappa shape index (κ3) is 7.72. The van der Waals surface area contributed by atoms with E-state index in [1.165, 1.54) is 0 Å². The monoisotopic (exact) mass is 237 g/mol. The van der Waals surface area contributed by atoms with Gasteiger partial charge in [-0.2, -0.15) is 8.42 Å². The number of hydrogen-bond acceptors (Lipinski definition) is 3. The maximum atomic E-state index is 11.3. The summed E-state index contributed by atoms with van der Waals surface area (Å²) in [6.07, 6.45) is 1.83.